The van der Waals surface area contributed by atoms with Gasteiger partial charge in [-0.05, 0) is 22.3 Å². The Balaban J connectivity index is 2.77. The quantitative estimate of drug-likeness (QED) is 0.350. The number of carbonyl (C=O) groups is 4. The molecule has 0 saturated heterocycles. The topological polar surface area (TPSA) is 105 Å². The maximum Gasteiger partial charge on any atom is 0.338 e. The molecule has 0 spiro atoms. The van der Waals surface area contributed by atoms with E-state index >= 15 is 0 Å². The summed E-state index contributed by atoms with van der Waals surface area (Å²) in [5.74, 6) is -3.63. The second-order valence-electron chi connectivity index (χ2n) is 6.57. The Morgan fingerprint density at radius 1 is 0.781 bits per heavy atom. The van der Waals surface area contributed by atoms with Crippen molar-refractivity contribution in [1.82, 2.24) is 0 Å². The van der Waals surface area contributed by atoms with E-state index in [1.54, 1.807) is 48.5 Å². The Hall–Kier alpha value is -3.94. The van der Waals surface area contributed by atoms with Crippen LogP contribution in [-0.4, -0.2) is 52.3 Å². The summed E-state index contributed by atoms with van der Waals surface area (Å²) in [6, 6.07) is 13.4. The first kappa shape index (κ1) is 24.3. The number of esters is 4. The molecule has 0 aliphatic heterocycles. The molecule has 0 fully saturated rings. The molecule has 2 aromatic rings. The molecule has 0 amide bonds. The lowest BCUT2D eigenvalue weighted by Crippen LogP contribution is -2.21. The lowest BCUT2D eigenvalue weighted by atomic mass is 9.83. The van der Waals surface area contributed by atoms with Crippen molar-refractivity contribution in [2.24, 2.45) is 0 Å². The third kappa shape index (κ3) is 5.60. The first-order chi connectivity index (χ1) is 15.4. The van der Waals surface area contributed by atoms with E-state index in [2.05, 4.69) is 4.74 Å². The fourth-order valence-corrected chi connectivity index (χ4v) is 3.27. The molecule has 32 heavy (non-hydrogen) atoms. The molecule has 0 heterocycles. The molecule has 0 aliphatic carbocycles. The van der Waals surface area contributed by atoms with Crippen molar-refractivity contribution in [1.29, 1.82) is 0 Å². The van der Waals surface area contributed by atoms with E-state index in [1.165, 1.54) is 28.4 Å². The van der Waals surface area contributed by atoms with Gasteiger partial charge >= 0.3 is 23.9 Å². The highest BCUT2D eigenvalue weighted by Gasteiger charge is 2.31. The average Bonchev–Trinajstić information content (AvgIpc) is 2.83. The highest BCUT2D eigenvalue weighted by Crippen LogP contribution is 2.34. The summed E-state index contributed by atoms with van der Waals surface area (Å²) in [6.07, 6.45) is 0.934. The van der Waals surface area contributed by atoms with Gasteiger partial charge < -0.3 is 18.9 Å². The number of rotatable bonds is 8. The van der Waals surface area contributed by atoms with Crippen LogP contribution in [-0.2, 0) is 44.5 Å². The summed E-state index contributed by atoms with van der Waals surface area (Å²) >= 11 is 0. The molecular weight excluding hydrogens is 416 g/mol. The Bertz CT molecular complexity index is 1040. The number of carbonyl (C=O) groups excluding carboxylic acids is 4. The zero-order valence-electron chi connectivity index (χ0n) is 18.2. The summed E-state index contributed by atoms with van der Waals surface area (Å²) in [5, 5.41) is 0. The summed E-state index contributed by atoms with van der Waals surface area (Å²) in [6.45, 7) is 0. The van der Waals surface area contributed by atoms with Gasteiger partial charge in [0.05, 0.1) is 40.4 Å². The molecule has 0 bridgehead atoms. The van der Waals surface area contributed by atoms with Gasteiger partial charge in [-0.2, -0.15) is 0 Å². The van der Waals surface area contributed by atoms with Crippen molar-refractivity contribution in [2.75, 3.05) is 28.4 Å². The van der Waals surface area contributed by atoms with Crippen LogP contribution in [0.2, 0.25) is 0 Å². The van der Waals surface area contributed by atoms with Crippen molar-refractivity contribution >= 4 is 29.5 Å². The maximum absolute atomic E-state index is 12.9. The monoisotopic (exact) mass is 440 g/mol. The Kier molecular flexibility index (Phi) is 8.71. The predicted molar refractivity (Wildman–Crippen MR) is 114 cm³/mol. The van der Waals surface area contributed by atoms with Crippen molar-refractivity contribution < 1.29 is 38.1 Å². The fraction of sp³-hybridized carbons (Fsp3) is 0.250. The van der Waals surface area contributed by atoms with Crippen LogP contribution in [0.3, 0.4) is 0 Å². The van der Waals surface area contributed by atoms with E-state index in [4.69, 9.17) is 14.2 Å². The van der Waals surface area contributed by atoms with Crippen LogP contribution in [0.15, 0.2) is 54.6 Å². The molecule has 0 radical (unpaired) electrons. The van der Waals surface area contributed by atoms with Crippen LogP contribution in [0.25, 0.3) is 5.57 Å². The average molecular weight is 440 g/mol. The standard InChI is InChI=1S/C24H24O8/c1-29-20(25)13-15-9-5-6-10-16(15)22(24(28)32-4)18-12-8-7-11-17(18)19(23(27)31-3)14-21(26)30-2/h5-12,14,22H,13H2,1-4H3/b19-14-. The van der Waals surface area contributed by atoms with Crippen LogP contribution in [0.4, 0.5) is 0 Å². The Labute approximate surface area is 185 Å². The summed E-state index contributed by atoms with van der Waals surface area (Å²) in [7, 11) is 4.88. The van der Waals surface area contributed by atoms with Gasteiger partial charge in [-0.1, -0.05) is 48.5 Å². The lowest BCUT2D eigenvalue weighted by molar-refractivity contribution is -0.142. The third-order valence-electron chi connectivity index (χ3n) is 4.80. The van der Waals surface area contributed by atoms with Gasteiger partial charge in [0.1, 0.15) is 5.92 Å². The molecule has 2 rings (SSSR count). The summed E-state index contributed by atoms with van der Waals surface area (Å²) < 4.78 is 19.3. The number of hydrogen-bond donors (Lipinski definition) is 0. The van der Waals surface area contributed by atoms with Crippen LogP contribution in [0, 0.1) is 0 Å². The van der Waals surface area contributed by atoms with Crippen LogP contribution in [0.5, 0.6) is 0 Å². The number of benzene rings is 2. The van der Waals surface area contributed by atoms with Gasteiger partial charge in [-0.25, -0.2) is 9.59 Å². The van der Waals surface area contributed by atoms with E-state index in [0.717, 1.165) is 6.08 Å². The van der Waals surface area contributed by atoms with E-state index in [9.17, 15) is 19.2 Å². The normalized spacial score (nSPS) is 11.8. The molecule has 0 N–H and O–H groups in total. The van der Waals surface area contributed by atoms with Gasteiger partial charge in [-0.15, -0.1) is 0 Å². The van der Waals surface area contributed by atoms with Gasteiger partial charge in [0.25, 0.3) is 0 Å². The number of methoxy groups -OCH3 is 4. The van der Waals surface area contributed by atoms with Crippen molar-refractivity contribution in [3.05, 3.63) is 76.9 Å². The molecule has 0 aromatic heterocycles. The predicted octanol–water partition coefficient (Wildman–Crippen LogP) is 2.44. The van der Waals surface area contributed by atoms with E-state index in [0.29, 0.717) is 16.7 Å². The van der Waals surface area contributed by atoms with Gasteiger partial charge in [-0.3, -0.25) is 9.59 Å². The van der Waals surface area contributed by atoms with E-state index in [-0.39, 0.29) is 17.6 Å². The molecular formula is C24H24O8. The van der Waals surface area contributed by atoms with Gasteiger partial charge in [0.2, 0.25) is 0 Å². The minimum atomic E-state index is -0.997. The highest BCUT2D eigenvalue weighted by atomic mass is 16.5. The molecule has 0 aliphatic rings. The minimum absolute atomic E-state index is 0.0653. The largest absolute Gasteiger partial charge is 0.469 e. The Morgan fingerprint density at radius 2 is 1.41 bits per heavy atom. The lowest BCUT2D eigenvalue weighted by Gasteiger charge is -2.22. The van der Waals surface area contributed by atoms with Crippen LogP contribution < -0.4 is 0 Å². The van der Waals surface area contributed by atoms with Crippen molar-refractivity contribution in [3.8, 4) is 0 Å². The van der Waals surface area contributed by atoms with Gasteiger partial charge in [0, 0.05) is 6.08 Å². The number of hydrogen-bond acceptors (Lipinski definition) is 8. The van der Waals surface area contributed by atoms with E-state index < -0.39 is 29.8 Å². The van der Waals surface area contributed by atoms with Crippen molar-refractivity contribution in [2.45, 2.75) is 12.3 Å². The van der Waals surface area contributed by atoms with Gasteiger partial charge in [0.15, 0.2) is 0 Å². The first-order valence-corrected chi connectivity index (χ1v) is 9.57. The summed E-state index contributed by atoms with van der Waals surface area (Å²) in [4.78, 5) is 49.3. The second kappa shape index (κ2) is 11.5. The number of ether oxygens (including phenoxy) is 4. The Morgan fingerprint density at radius 3 is 2.00 bits per heavy atom. The van der Waals surface area contributed by atoms with E-state index in [1.807, 2.05) is 0 Å². The minimum Gasteiger partial charge on any atom is -0.469 e. The van der Waals surface area contributed by atoms with Crippen molar-refractivity contribution in [3.63, 3.8) is 0 Å². The zero-order chi connectivity index (χ0) is 23.7. The molecule has 1 unspecified atom stereocenters. The molecule has 1 atom stereocenters. The molecule has 0 saturated carbocycles. The SMILES string of the molecule is COC(=O)/C=C(\C(=O)OC)c1ccccc1C(C(=O)OC)c1ccccc1CC(=O)OC. The fourth-order valence-electron chi connectivity index (χ4n) is 3.27. The third-order valence-corrected chi connectivity index (χ3v) is 4.80. The molecule has 8 nitrogen and oxygen atoms in total. The van der Waals surface area contributed by atoms with Crippen LogP contribution >= 0.6 is 0 Å². The maximum atomic E-state index is 12.9. The van der Waals surface area contributed by atoms with Crippen LogP contribution in [0.1, 0.15) is 28.2 Å². The first-order valence-electron chi connectivity index (χ1n) is 9.57. The molecule has 168 valence electrons. The zero-order valence-corrected chi connectivity index (χ0v) is 18.2. The smallest absolute Gasteiger partial charge is 0.338 e. The molecule has 8 heteroatoms. The summed E-state index contributed by atoms with van der Waals surface area (Å²) in [5.41, 5.74) is 1.64. The molecule has 2 aromatic carbocycles. The second-order valence-corrected chi connectivity index (χ2v) is 6.57. The highest BCUT2D eigenvalue weighted by molar-refractivity contribution is 6.21.